The standard InChI is InChI=1S/C25H22F6N2O2/c1-15-20(17-8-10-18(11-9-17)24(26,27)28)22(35-23(34)32(2)19-12-13-19)33(21(15)25(29,30)31)14-16-6-4-3-5-7-16/h3-11,19H,12-14H2,1-2H3. The molecule has 1 aliphatic carbocycles. The number of hydrogen-bond donors (Lipinski definition) is 0. The topological polar surface area (TPSA) is 34.5 Å². The number of amides is 1. The van der Waals surface area contributed by atoms with E-state index < -0.39 is 29.7 Å². The predicted octanol–water partition coefficient (Wildman–Crippen LogP) is 7.14. The van der Waals surface area contributed by atoms with Crippen LogP contribution in [0.1, 0.15) is 35.2 Å². The van der Waals surface area contributed by atoms with E-state index in [0.717, 1.165) is 41.7 Å². The van der Waals surface area contributed by atoms with E-state index in [1.807, 2.05) is 0 Å². The minimum atomic E-state index is -4.81. The molecule has 1 amide bonds. The zero-order chi connectivity index (χ0) is 25.5. The Hall–Kier alpha value is -3.43. The van der Waals surface area contributed by atoms with Gasteiger partial charge in [0.15, 0.2) is 0 Å². The highest BCUT2D eigenvalue weighted by Crippen LogP contribution is 2.45. The summed E-state index contributed by atoms with van der Waals surface area (Å²) < 4.78 is 88.4. The van der Waals surface area contributed by atoms with Crippen LogP contribution in [0.15, 0.2) is 54.6 Å². The van der Waals surface area contributed by atoms with E-state index in [4.69, 9.17) is 4.74 Å². The van der Waals surface area contributed by atoms with Gasteiger partial charge in [0.25, 0.3) is 0 Å². The van der Waals surface area contributed by atoms with Gasteiger partial charge in [-0.05, 0) is 48.6 Å². The Balaban J connectivity index is 1.90. The molecule has 0 aliphatic heterocycles. The molecule has 1 aromatic heterocycles. The molecular weight excluding hydrogens is 474 g/mol. The molecule has 0 saturated heterocycles. The van der Waals surface area contributed by atoms with Crippen LogP contribution in [0, 0.1) is 6.92 Å². The minimum absolute atomic E-state index is 0.0576. The zero-order valence-corrected chi connectivity index (χ0v) is 18.9. The Kier molecular flexibility index (Phi) is 6.33. The lowest BCUT2D eigenvalue weighted by molar-refractivity contribution is -0.144. The lowest BCUT2D eigenvalue weighted by Crippen LogP contribution is -2.32. The van der Waals surface area contributed by atoms with Crippen LogP contribution in [0.5, 0.6) is 5.88 Å². The summed E-state index contributed by atoms with van der Waals surface area (Å²) in [6.45, 7) is 0.964. The fourth-order valence-corrected chi connectivity index (χ4v) is 4.04. The first-order valence-electron chi connectivity index (χ1n) is 10.8. The van der Waals surface area contributed by atoms with Gasteiger partial charge in [-0.2, -0.15) is 26.3 Å². The number of benzene rings is 2. The van der Waals surface area contributed by atoms with Crippen molar-refractivity contribution in [3.8, 4) is 17.0 Å². The zero-order valence-electron chi connectivity index (χ0n) is 18.9. The number of alkyl halides is 6. The van der Waals surface area contributed by atoms with Crippen molar-refractivity contribution in [1.29, 1.82) is 0 Å². The van der Waals surface area contributed by atoms with Crippen LogP contribution in [0.2, 0.25) is 0 Å². The molecule has 1 heterocycles. The molecule has 4 rings (SSSR count). The second-order valence-electron chi connectivity index (χ2n) is 8.51. The molecule has 0 atom stereocenters. The Bertz CT molecular complexity index is 1210. The highest BCUT2D eigenvalue weighted by Gasteiger charge is 2.42. The Morgan fingerprint density at radius 2 is 1.57 bits per heavy atom. The molecule has 0 radical (unpaired) electrons. The number of ether oxygens (including phenoxy) is 1. The van der Waals surface area contributed by atoms with Crippen LogP contribution in [-0.4, -0.2) is 28.6 Å². The molecule has 0 bridgehead atoms. The molecule has 2 aromatic carbocycles. The van der Waals surface area contributed by atoms with Gasteiger partial charge >= 0.3 is 18.4 Å². The summed E-state index contributed by atoms with van der Waals surface area (Å²) in [6.07, 6.45) is -8.73. The summed E-state index contributed by atoms with van der Waals surface area (Å²) in [5.41, 5.74) is -1.70. The Morgan fingerprint density at radius 1 is 0.971 bits per heavy atom. The monoisotopic (exact) mass is 496 g/mol. The molecule has 0 unspecified atom stereocenters. The van der Waals surface area contributed by atoms with Gasteiger partial charge in [0, 0.05) is 18.7 Å². The Labute approximate surface area is 197 Å². The molecule has 0 N–H and O–H groups in total. The molecule has 4 nitrogen and oxygen atoms in total. The van der Waals surface area contributed by atoms with Gasteiger partial charge in [-0.25, -0.2) is 4.79 Å². The lowest BCUT2D eigenvalue weighted by Gasteiger charge is -2.19. The van der Waals surface area contributed by atoms with Crippen molar-refractivity contribution in [2.24, 2.45) is 0 Å². The van der Waals surface area contributed by atoms with E-state index in [1.54, 1.807) is 30.3 Å². The fraction of sp³-hybridized carbons (Fsp3) is 0.320. The number of hydrogen-bond acceptors (Lipinski definition) is 2. The summed E-state index contributed by atoms with van der Waals surface area (Å²) in [5.74, 6) is -0.365. The number of halogens is 6. The van der Waals surface area contributed by atoms with Crippen molar-refractivity contribution in [3.63, 3.8) is 0 Å². The average Bonchev–Trinajstić information content (AvgIpc) is 3.59. The van der Waals surface area contributed by atoms with Crippen molar-refractivity contribution in [3.05, 3.63) is 77.0 Å². The highest BCUT2D eigenvalue weighted by molar-refractivity contribution is 5.80. The molecule has 0 spiro atoms. The highest BCUT2D eigenvalue weighted by atomic mass is 19.4. The summed E-state index contributed by atoms with van der Waals surface area (Å²) in [7, 11) is 1.50. The maximum Gasteiger partial charge on any atom is 0.431 e. The normalized spacial score (nSPS) is 14.2. The van der Waals surface area contributed by atoms with Gasteiger partial charge in [0.2, 0.25) is 5.88 Å². The van der Waals surface area contributed by atoms with E-state index in [1.165, 1.54) is 18.9 Å². The quantitative estimate of drug-likeness (QED) is 0.352. The van der Waals surface area contributed by atoms with Crippen LogP contribution in [0.4, 0.5) is 31.1 Å². The van der Waals surface area contributed by atoms with E-state index in [0.29, 0.717) is 5.56 Å². The minimum Gasteiger partial charge on any atom is -0.392 e. The van der Waals surface area contributed by atoms with Gasteiger partial charge in [0.1, 0.15) is 5.69 Å². The van der Waals surface area contributed by atoms with E-state index in [2.05, 4.69) is 0 Å². The van der Waals surface area contributed by atoms with E-state index in [-0.39, 0.29) is 35.2 Å². The molecular formula is C25H22F6N2O2. The van der Waals surface area contributed by atoms with Crippen molar-refractivity contribution in [2.45, 2.75) is 44.7 Å². The second-order valence-corrected chi connectivity index (χ2v) is 8.51. The van der Waals surface area contributed by atoms with Crippen LogP contribution in [-0.2, 0) is 18.9 Å². The third-order valence-electron chi connectivity index (χ3n) is 5.98. The summed E-state index contributed by atoms with van der Waals surface area (Å²) in [5, 5.41) is 0. The SMILES string of the molecule is Cc1c(-c2ccc(C(F)(F)F)cc2)c(OC(=O)N(C)C2CC2)n(Cc2ccccc2)c1C(F)(F)F. The maximum atomic E-state index is 14.3. The first kappa shape index (κ1) is 24.7. The number of rotatable bonds is 5. The summed E-state index contributed by atoms with van der Waals surface area (Å²) in [6, 6.07) is 12.0. The summed E-state index contributed by atoms with van der Waals surface area (Å²) in [4.78, 5) is 14.1. The van der Waals surface area contributed by atoms with E-state index in [9.17, 15) is 31.1 Å². The molecule has 1 saturated carbocycles. The third-order valence-corrected chi connectivity index (χ3v) is 5.98. The van der Waals surface area contributed by atoms with Gasteiger partial charge in [-0.15, -0.1) is 0 Å². The van der Waals surface area contributed by atoms with Crippen LogP contribution >= 0.6 is 0 Å². The molecule has 186 valence electrons. The van der Waals surface area contributed by atoms with Crippen molar-refractivity contribution < 1.29 is 35.9 Å². The number of carbonyl (C=O) groups is 1. The third kappa shape index (κ3) is 5.16. The van der Waals surface area contributed by atoms with Gasteiger partial charge < -0.3 is 14.2 Å². The van der Waals surface area contributed by atoms with Crippen molar-refractivity contribution in [2.75, 3.05) is 7.05 Å². The maximum absolute atomic E-state index is 14.3. The first-order chi connectivity index (χ1) is 16.4. The fourth-order valence-electron chi connectivity index (χ4n) is 4.04. The predicted molar refractivity (Wildman–Crippen MR) is 117 cm³/mol. The van der Waals surface area contributed by atoms with Crippen molar-refractivity contribution in [1.82, 2.24) is 9.47 Å². The summed E-state index contributed by atoms with van der Waals surface area (Å²) >= 11 is 0. The smallest absolute Gasteiger partial charge is 0.392 e. The van der Waals surface area contributed by atoms with Crippen LogP contribution < -0.4 is 4.74 Å². The number of aromatic nitrogens is 1. The van der Waals surface area contributed by atoms with Crippen molar-refractivity contribution >= 4 is 6.09 Å². The van der Waals surface area contributed by atoms with Crippen LogP contribution in [0.25, 0.3) is 11.1 Å². The van der Waals surface area contributed by atoms with Crippen LogP contribution in [0.3, 0.4) is 0 Å². The number of carbonyl (C=O) groups excluding carboxylic acids is 1. The van der Waals surface area contributed by atoms with Gasteiger partial charge in [-0.3, -0.25) is 0 Å². The molecule has 10 heteroatoms. The molecule has 1 fully saturated rings. The van der Waals surface area contributed by atoms with Gasteiger partial charge in [-0.1, -0.05) is 42.5 Å². The first-order valence-corrected chi connectivity index (χ1v) is 10.8. The molecule has 1 aliphatic rings. The number of nitrogens with zero attached hydrogens (tertiary/aromatic N) is 2. The largest absolute Gasteiger partial charge is 0.431 e. The van der Waals surface area contributed by atoms with Gasteiger partial charge in [0.05, 0.1) is 12.1 Å². The lowest BCUT2D eigenvalue weighted by atomic mass is 10.0. The van der Waals surface area contributed by atoms with E-state index >= 15 is 0 Å². The molecule has 3 aromatic rings. The Morgan fingerprint density at radius 3 is 2.09 bits per heavy atom. The molecule has 35 heavy (non-hydrogen) atoms. The second kappa shape index (κ2) is 8.98. The average molecular weight is 496 g/mol.